The summed E-state index contributed by atoms with van der Waals surface area (Å²) in [6, 6.07) is 5.11. The fourth-order valence-corrected chi connectivity index (χ4v) is 2.64. The Bertz CT molecular complexity index is 756. The summed E-state index contributed by atoms with van der Waals surface area (Å²) < 4.78 is 5.22. The average molecular weight is 267 g/mol. The highest BCUT2D eigenvalue weighted by atomic mass is 35.5. The molecule has 0 aliphatic heterocycles. The summed E-state index contributed by atoms with van der Waals surface area (Å²) in [4.78, 5) is 20.6. The Balaban J connectivity index is 2.28. The van der Waals surface area contributed by atoms with Crippen LogP contribution in [0.15, 0.2) is 27.4 Å². The van der Waals surface area contributed by atoms with Gasteiger partial charge in [0.2, 0.25) is 0 Å². The van der Waals surface area contributed by atoms with Gasteiger partial charge in [-0.05, 0) is 36.7 Å². The van der Waals surface area contributed by atoms with E-state index in [2.05, 4.69) is 9.97 Å². The first-order chi connectivity index (χ1) is 8.13. The van der Waals surface area contributed by atoms with Crippen LogP contribution >= 0.6 is 22.9 Å². The molecule has 0 fully saturated rings. The van der Waals surface area contributed by atoms with Gasteiger partial charge in [-0.2, -0.15) is 0 Å². The highest BCUT2D eigenvalue weighted by molar-refractivity contribution is 7.18. The number of halogens is 1. The summed E-state index contributed by atoms with van der Waals surface area (Å²) in [5, 5.41) is 0.874. The summed E-state index contributed by atoms with van der Waals surface area (Å²) in [7, 11) is 0. The number of hydrogen-bond donors (Lipinski definition) is 1. The van der Waals surface area contributed by atoms with E-state index in [1.165, 1.54) is 11.3 Å². The van der Waals surface area contributed by atoms with E-state index in [-0.39, 0.29) is 10.8 Å². The molecule has 6 heteroatoms. The molecule has 0 saturated carbocycles. The van der Waals surface area contributed by atoms with Gasteiger partial charge in [0, 0.05) is 4.88 Å². The summed E-state index contributed by atoms with van der Waals surface area (Å²) in [5.41, 5.74) is -0.165. The van der Waals surface area contributed by atoms with Crippen molar-refractivity contribution >= 4 is 33.2 Å². The van der Waals surface area contributed by atoms with Crippen LogP contribution in [-0.4, -0.2) is 9.97 Å². The van der Waals surface area contributed by atoms with Crippen LogP contribution in [0.3, 0.4) is 0 Å². The van der Waals surface area contributed by atoms with E-state index >= 15 is 0 Å². The first kappa shape index (κ1) is 10.6. The number of fused-ring (bicyclic) bond motifs is 1. The zero-order valence-corrected chi connectivity index (χ0v) is 10.4. The molecule has 0 bridgehead atoms. The molecule has 0 amide bonds. The Morgan fingerprint density at radius 2 is 2.29 bits per heavy atom. The van der Waals surface area contributed by atoms with Crippen LogP contribution in [0.25, 0.3) is 21.8 Å². The van der Waals surface area contributed by atoms with Gasteiger partial charge in [-0.25, -0.2) is 4.98 Å². The SMILES string of the molecule is Cc1cc2c(=O)[nH]c(-c3ccc(Cl)o3)nc2s1. The molecule has 17 heavy (non-hydrogen) atoms. The number of nitrogens with one attached hydrogen (secondary N) is 1. The smallest absolute Gasteiger partial charge is 0.260 e. The van der Waals surface area contributed by atoms with Gasteiger partial charge >= 0.3 is 0 Å². The fourth-order valence-electron chi connectivity index (χ4n) is 1.61. The molecule has 0 atom stereocenters. The second kappa shape index (κ2) is 3.72. The van der Waals surface area contributed by atoms with E-state index in [0.29, 0.717) is 21.8 Å². The summed E-state index contributed by atoms with van der Waals surface area (Å²) in [6.45, 7) is 1.94. The van der Waals surface area contributed by atoms with Gasteiger partial charge < -0.3 is 9.40 Å². The topological polar surface area (TPSA) is 58.9 Å². The number of aromatic nitrogens is 2. The van der Waals surface area contributed by atoms with Crippen molar-refractivity contribution in [3.63, 3.8) is 0 Å². The van der Waals surface area contributed by atoms with E-state index in [1.807, 2.05) is 13.0 Å². The van der Waals surface area contributed by atoms with Gasteiger partial charge in [-0.3, -0.25) is 4.79 Å². The minimum Gasteiger partial charge on any atom is -0.441 e. The lowest BCUT2D eigenvalue weighted by atomic mass is 10.3. The van der Waals surface area contributed by atoms with E-state index in [0.717, 1.165) is 4.88 Å². The van der Waals surface area contributed by atoms with Crippen molar-refractivity contribution < 1.29 is 4.42 Å². The fraction of sp³-hybridized carbons (Fsp3) is 0.0909. The summed E-state index contributed by atoms with van der Waals surface area (Å²) in [5.74, 6) is 0.858. The molecule has 0 aliphatic carbocycles. The molecule has 3 heterocycles. The lowest BCUT2D eigenvalue weighted by molar-refractivity contribution is 0.579. The number of aromatic amines is 1. The molecular weight excluding hydrogens is 260 g/mol. The van der Waals surface area contributed by atoms with Crippen molar-refractivity contribution in [3.8, 4) is 11.6 Å². The van der Waals surface area contributed by atoms with E-state index in [9.17, 15) is 4.79 Å². The number of H-pyrrole nitrogens is 1. The first-order valence-corrected chi connectivity index (χ1v) is 6.09. The zero-order valence-electron chi connectivity index (χ0n) is 8.78. The van der Waals surface area contributed by atoms with Gasteiger partial charge in [0.05, 0.1) is 5.39 Å². The lowest BCUT2D eigenvalue weighted by Gasteiger charge is -1.95. The Kier molecular flexibility index (Phi) is 2.31. The number of rotatable bonds is 1. The van der Waals surface area contributed by atoms with Crippen LogP contribution in [0, 0.1) is 6.92 Å². The van der Waals surface area contributed by atoms with Crippen LogP contribution in [0.2, 0.25) is 5.22 Å². The monoisotopic (exact) mass is 266 g/mol. The van der Waals surface area contributed by atoms with Crippen molar-refractivity contribution in [1.29, 1.82) is 0 Å². The largest absolute Gasteiger partial charge is 0.441 e. The highest BCUT2D eigenvalue weighted by Crippen LogP contribution is 2.25. The molecule has 0 aliphatic rings. The Morgan fingerprint density at radius 1 is 1.47 bits per heavy atom. The first-order valence-electron chi connectivity index (χ1n) is 4.89. The number of thiophene rings is 1. The maximum absolute atomic E-state index is 11.8. The minimum atomic E-state index is -0.165. The molecule has 0 aromatic carbocycles. The van der Waals surface area contributed by atoms with E-state index < -0.39 is 0 Å². The van der Waals surface area contributed by atoms with Crippen LogP contribution < -0.4 is 5.56 Å². The lowest BCUT2D eigenvalue weighted by Crippen LogP contribution is -2.07. The minimum absolute atomic E-state index is 0.165. The predicted octanol–water partition coefficient (Wildman–Crippen LogP) is 3.21. The number of hydrogen-bond acceptors (Lipinski definition) is 4. The maximum Gasteiger partial charge on any atom is 0.260 e. The molecule has 0 saturated heterocycles. The third-order valence-electron chi connectivity index (χ3n) is 2.33. The highest BCUT2D eigenvalue weighted by Gasteiger charge is 2.11. The van der Waals surface area contributed by atoms with Crippen LogP contribution in [0.4, 0.5) is 0 Å². The quantitative estimate of drug-likeness (QED) is 0.736. The normalized spacial score (nSPS) is 11.2. The molecule has 1 N–H and O–H groups in total. The molecule has 0 unspecified atom stereocenters. The van der Waals surface area contributed by atoms with Crippen molar-refractivity contribution in [1.82, 2.24) is 9.97 Å². The number of aryl methyl sites for hydroxylation is 1. The van der Waals surface area contributed by atoms with Crippen molar-refractivity contribution in [2.24, 2.45) is 0 Å². The standard InChI is InChI=1S/C11H7ClN2O2S/c1-5-4-6-10(15)13-9(14-11(6)17-5)7-2-3-8(12)16-7/h2-4H,1H3,(H,13,14,15). The third kappa shape index (κ3) is 1.77. The Labute approximate surface area is 105 Å². The van der Waals surface area contributed by atoms with Gasteiger partial charge in [-0.15, -0.1) is 11.3 Å². The van der Waals surface area contributed by atoms with Crippen LogP contribution in [0.5, 0.6) is 0 Å². The van der Waals surface area contributed by atoms with E-state index in [4.69, 9.17) is 16.0 Å². The predicted molar refractivity (Wildman–Crippen MR) is 67.7 cm³/mol. The Morgan fingerprint density at radius 3 is 3.00 bits per heavy atom. The van der Waals surface area contributed by atoms with Crippen molar-refractivity contribution in [3.05, 3.63) is 38.6 Å². The van der Waals surface area contributed by atoms with Crippen LogP contribution in [0.1, 0.15) is 4.88 Å². The maximum atomic E-state index is 11.8. The molecule has 3 rings (SSSR count). The van der Waals surface area contributed by atoms with Gasteiger partial charge in [0.15, 0.2) is 16.8 Å². The van der Waals surface area contributed by atoms with Gasteiger partial charge in [0.25, 0.3) is 5.56 Å². The molecule has 3 aromatic heterocycles. The van der Waals surface area contributed by atoms with Crippen molar-refractivity contribution in [2.45, 2.75) is 6.92 Å². The zero-order chi connectivity index (χ0) is 12.0. The van der Waals surface area contributed by atoms with Crippen LogP contribution in [-0.2, 0) is 0 Å². The summed E-state index contributed by atoms with van der Waals surface area (Å²) >= 11 is 7.16. The molecule has 4 nitrogen and oxygen atoms in total. The van der Waals surface area contributed by atoms with Gasteiger partial charge in [-0.1, -0.05) is 0 Å². The van der Waals surface area contributed by atoms with Gasteiger partial charge in [0.1, 0.15) is 4.83 Å². The molecule has 0 radical (unpaired) electrons. The second-order valence-electron chi connectivity index (χ2n) is 3.59. The van der Waals surface area contributed by atoms with E-state index in [1.54, 1.807) is 12.1 Å². The second-order valence-corrected chi connectivity index (χ2v) is 5.20. The van der Waals surface area contributed by atoms with Crippen molar-refractivity contribution in [2.75, 3.05) is 0 Å². The molecule has 86 valence electrons. The third-order valence-corrected chi connectivity index (χ3v) is 3.48. The number of nitrogens with zero attached hydrogens (tertiary/aromatic N) is 1. The molecular formula is C11H7ClN2O2S. The Hall–Kier alpha value is -1.59. The molecule has 0 spiro atoms. The molecule has 3 aromatic rings. The summed E-state index contributed by atoms with van der Waals surface area (Å²) in [6.07, 6.45) is 0. The average Bonchev–Trinajstić information content (AvgIpc) is 2.83. The number of furan rings is 1.